The third-order valence-corrected chi connectivity index (χ3v) is 13.0. The Morgan fingerprint density at radius 3 is 2.19 bits per heavy atom. The number of hydrogen-bond donors (Lipinski definition) is 0. The Morgan fingerprint density at radius 1 is 0.845 bits per heavy atom. The van der Waals surface area contributed by atoms with E-state index < -0.39 is 14.4 Å². The van der Waals surface area contributed by atoms with Gasteiger partial charge in [-0.05, 0) is 95.4 Å². The zero-order chi connectivity index (χ0) is 42.3. The van der Waals surface area contributed by atoms with Crippen LogP contribution in [-0.2, 0) is 32.9 Å². The maximum absolute atomic E-state index is 8.55. The van der Waals surface area contributed by atoms with Gasteiger partial charge >= 0.3 is 0 Å². The molecule has 0 saturated carbocycles. The summed E-state index contributed by atoms with van der Waals surface area (Å²) in [4.78, 5) is 9.79. The van der Waals surface area contributed by atoms with Gasteiger partial charge in [-0.1, -0.05) is 142 Å². The van der Waals surface area contributed by atoms with Crippen LogP contribution in [0.2, 0.25) is 19.6 Å². The topological polar surface area (TPSA) is 30.7 Å². The minimum absolute atomic E-state index is 0. The molecule has 0 saturated heterocycles. The van der Waals surface area contributed by atoms with Crippen molar-refractivity contribution in [1.29, 1.82) is 0 Å². The van der Waals surface area contributed by atoms with Crippen LogP contribution in [-0.4, -0.2) is 22.6 Å². The number of fused-ring (bicyclic) bond motifs is 2. The Balaban J connectivity index is 0.000000234. The molecular formula is C52H55IrN3SSi-2. The average molecular weight is 976 g/mol. The molecule has 0 spiro atoms. The molecule has 299 valence electrons. The molecule has 0 N–H and O–H groups in total. The van der Waals surface area contributed by atoms with Crippen LogP contribution in [0.5, 0.6) is 0 Å². The van der Waals surface area contributed by atoms with E-state index in [1.807, 2.05) is 62.4 Å². The Labute approximate surface area is 367 Å². The van der Waals surface area contributed by atoms with Gasteiger partial charge in [0.2, 0.25) is 0 Å². The number of para-hydroxylation sites is 2. The van der Waals surface area contributed by atoms with E-state index in [2.05, 4.69) is 143 Å². The summed E-state index contributed by atoms with van der Waals surface area (Å²) < 4.78 is 20.4. The van der Waals surface area contributed by atoms with Crippen LogP contribution in [0.1, 0.15) is 59.6 Å². The predicted octanol–water partition coefficient (Wildman–Crippen LogP) is 13.9. The fourth-order valence-corrected chi connectivity index (χ4v) is 10.2. The van der Waals surface area contributed by atoms with Crippen LogP contribution in [0.25, 0.3) is 60.6 Å². The molecule has 1 radical (unpaired) electrons. The molecule has 0 bridgehead atoms. The number of benzene rings is 5. The normalized spacial score (nSPS) is 12.5. The largest absolute Gasteiger partial charge is 0.333 e. The molecule has 0 unspecified atom stereocenters. The summed E-state index contributed by atoms with van der Waals surface area (Å²) in [6.45, 7) is 22.3. The van der Waals surface area contributed by atoms with Crippen LogP contribution in [0.3, 0.4) is 0 Å². The van der Waals surface area contributed by atoms with Gasteiger partial charge in [0.05, 0.1) is 24.9 Å². The molecule has 3 heterocycles. The Morgan fingerprint density at radius 2 is 1.53 bits per heavy atom. The van der Waals surface area contributed by atoms with E-state index in [1.165, 1.54) is 44.3 Å². The van der Waals surface area contributed by atoms with E-state index in [1.54, 1.807) is 0 Å². The standard InChI is InChI=1S/C33H29N2S.C19H26NSi.Ir/c1-21(2)16-24-14-15-27-28(20-36-31(27)19-24)33-34-29-12-8-9-13-30(29)35(33)26-17-22(3)32(23(4)18-26)25-10-6-5-7-11-25;1-19(2,3)13-16-12-17(15-10-8-7-9-11-15)20-14-18(16)21(4,5)6;/h5-15,17-19,21H,16H2,1-4H3;7-10,12,14H,13H2,1-6H3;/q2*-1;/i16D2;;. The molecule has 3 aromatic heterocycles. The van der Waals surface area contributed by atoms with Crippen molar-refractivity contribution in [1.82, 2.24) is 14.5 Å². The second kappa shape index (κ2) is 17.8. The second-order valence-electron chi connectivity index (χ2n) is 17.7. The molecule has 0 aliphatic heterocycles. The van der Waals surface area contributed by atoms with Crippen molar-refractivity contribution in [2.24, 2.45) is 11.3 Å². The van der Waals surface area contributed by atoms with Gasteiger partial charge in [-0.15, -0.1) is 47.3 Å². The Bertz CT molecular complexity index is 2720. The Hall–Kier alpha value is -4.45. The summed E-state index contributed by atoms with van der Waals surface area (Å²) in [7, 11) is -1.37. The summed E-state index contributed by atoms with van der Waals surface area (Å²) >= 11 is 1.53. The third-order valence-electron chi connectivity index (χ3n) is 10.1. The smallest absolute Gasteiger partial charge is 0.0798 e. The van der Waals surface area contributed by atoms with Gasteiger partial charge in [-0.2, -0.15) is 0 Å². The Kier molecular flexibility index (Phi) is 12.4. The number of thiophene rings is 1. The van der Waals surface area contributed by atoms with Crippen molar-refractivity contribution < 1.29 is 22.8 Å². The monoisotopic (exact) mass is 976 g/mol. The molecule has 0 fully saturated rings. The molecule has 5 aromatic carbocycles. The maximum Gasteiger partial charge on any atom is 0.0798 e. The van der Waals surface area contributed by atoms with Crippen LogP contribution in [0.4, 0.5) is 0 Å². The number of nitrogens with zero attached hydrogens (tertiary/aromatic N) is 3. The number of aryl methyl sites for hydroxylation is 2. The molecule has 8 rings (SSSR count). The van der Waals surface area contributed by atoms with E-state index in [4.69, 9.17) is 12.7 Å². The second-order valence-corrected chi connectivity index (χ2v) is 23.5. The quantitative estimate of drug-likeness (QED) is 0.112. The SMILES string of the molecule is CC(C)(C)Cc1cc(-c2[c-]cccc2)ncc1[Si](C)(C)C.[2H]C([2H])(c1ccc2c(-c3nc4ccccc4n3-c3cc(C)c(-c4ccccc4)c(C)c3)[c-]sc2c1)C(C)C.[Ir]. The first kappa shape index (κ1) is 40.3. The van der Waals surface area contributed by atoms with Gasteiger partial charge in [0.15, 0.2) is 0 Å². The molecule has 8 aromatic rings. The molecule has 3 nitrogen and oxygen atoms in total. The first-order chi connectivity index (χ1) is 27.9. The van der Waals surface area contributed by atoms with Crippen molar-refractivity contribution in [2.75, 3.05) is 0 Å². The fourth-order valence-electron chi connectivity index (χ4n) is 7.74. The molecule has 6 heteroatoms. The zero-order valence-electron chi connectivity index (χ0n) is 37.4. The summed E-state index contributed by atoms with van der Waals surface area (Å²) in [5, 5.41) is 6.04. The van der Waals surface area contributed by atoms with Crippen LogP contribution >= 0.6 is 11.3 Å². The number of imidazole rings is 1. The van der Waals surface area contributed by atoms with Crippen molar-refractivity contribution in [3.8, 4) is 39.5 Å². The summed E-state index contributed by atoms with van der Waals surface area (Å²) in [6, 6.07) is 42.8. The van der Waals surface area contributed by atoms with E-state index >= 15 is 0 Å². The number of rotatable bonds is 8. The van der Waals surface area contributed by atoms with Gasteiger partial charge in [-0.25, -0.2) is 0 Å². The zero-order valence-corrected chi connectivity index (χ0v) is 39.6. The summed E-state index contributed by atoms with van der Waals surface area (Å²) in [5.74, 6) is 0.737. The number of pyridine rings is 1. The molecule has 58 heavy (non-hydrogen) atoms. The number of aromatic nitrogens is 3. The molecular weight excluding hydrogens is 919 g/mol. The molecule has 0 aliphatic rings. The summed E-state index contributed by atoms with van der Waals surface area (Å²) in [6.07, 6.45) is 1.82. The van der Waals surface area contributed by atoms with Crippen LogP contribution < -0.4 is 5.19 Å². The van der Waals surface area contributed by atoms with E-state index in [0.717, 1.165) is 55.9 Å². The van der Waals surface area contributed by atoms with Gasteiger partial charge in [0.25, 0.3) is 0 Å². The first-order valence-corrected chi connectivity index (χ1v) is 24.3. The fraction of sp³-hybridized carbons (Fsp3) is 0.269. The maximum atomic E-state index is 8.55. The van der Waals surface area contributed by atoms with Gasteiger partial charge in [0, 0.05) is 34.7 Å². The number of hydrogen-bond acceptors (Lipinski definition) is 3. The van der Waals surface area contributed by atoms with E-state index in [9.17, 15) is 0 Å². The predicted molar refractivity (Wildman–Crippen MR) is 249 cm³/mol. The minimum Gasteiger partial charge on any atom is -0.333 e. The molecule has 0 amide bonds. The summed E-state index contributed by atoms with van der Waals surface area (Å²) in [5.41, 5.74) is 13.5. The van der Waals surface area contributed by atoms with Gasteiger partial charge in [-0.3, -0.25) is 16.3 Å². The average Bonchev–Trinajstić information content (AvgIpc) is 3.79. The van der Waals surface area contributed by atoms with Crippen LogP contribution in [0.15, 0.2) is 121 Å². The van der Waals surface area contributed by atoms with E-state index in [0.29, 0.717) is 5.56 Å². The molecule has 0 atom stereocenters. The van der Waals surface area contributed by atoms with Crippen LogP contribution in [0, 0.1) is 36.6 Å². The van der Waals surface area contributed by atoms with Crippen molar-refractivity contribution >= 4 is 45.7 Å². The third kappa shape index (κ3) is 9.70. The van der Waals surface area contributed by atoms with Gasteiger partial charge in [0.1, 0.15) is 0 Å². The van der Waals surface area contributed by atoms with Crippen molar-refractivity contribution in [3.63, 3.8) is 0 Å². The first-order valence-electron chi connectivity index (χ1n) is 21.0. The van der Waals surface area contributed by atoms with E-state index in [-0.39, 0.29) is 31.4 Å². The minimum atomic E-state index is -1.39. The van der Waals surface area contributed by atoms with Crippen molar-refractivity contribution in [3.05, 3.63) is 155 Å². The van der Waals surface area contributed by atoms with Gasteiger partial charge < -0.3 is 9.55 Å². The van der Waals surface area contributed by atoms with Crippen molar-refractivity contribution in [2.45, 2.75) is 80.9 Å². The molecule has 0 aliphatic carbocycles.